The van der Waals surface area contributed by atoms with Crippen LogP contribution in [0.2, 0.25) is 0 Å². The van der Waals surface area contributed by atoms with Gasteiger partial charge in [-0.15, -0.1) is 0 Å². The van der Waals surface area contributed by atoms with Crippen molar-refractivity contribution in [1.29, 1.82) is 0 Å². The van der Waals surface area contributed by atoms with E-state index in [0.717, 1.165) is 12.8 Å². The highest BCUT2D eigenvalue weighted by atomic mass is 32.2. The van der Waals surface area contributed by atoms with Crippen molar-refractivity contribution in [2.24, 2.45) is 0 Å². The number of hydrogen-bond donors (Lipinski definition) is 0. The molecule has 0 bridgehead atoms. The fourth-order valence-electron chi connectivity index (χ4n) is 1.09. The number of Topliss-reactive ketones (excluding diaryl/α,β-unsaturated/α-hetero) is 1. The standard InChI is InChI=1S/C9H18O4S/c1-3-4-5-6-14(11,12)8-9(10)7-13-2/h3-8H2,1-2H3. The maximum absolute atomic E-state index is 11.3. The number of unbranched alkanes of at least 4 members (excludes halogenated alkanes) is 2. The molecule has 14 heavy (non-hydrogen) atoms. The molecule has 0 aromatic rings. The lowest BCUT2D eigenvalue weighted by atomic mass is 10.3. The quantitative estimate of drug-likeness (QED) is 0.570. The zero-order valence-electron chi connectivity index (χ0n) is 8.78. The lowest BCUT2D eigenvalue weighted by Crippen LogP contribution is -2.22. The summed E-state index contributed by atoms with van der Waals surface area (Å²) in [4.78, 5) is 11.0. The first kappa shape index (κ1) is 13.6. The third-order valence-electron chi connectivity index (χ3n) is 1.75. The van der Waals surface area contributed by atoms with Crippen molar-refractivity contribution < 1.29 is 17.9 Å². The third-order valence-corrected chi connectivity index (χ3v) is 3.42. The van der Waals surface area contributed by atoms with Crippen LogP contribution >= 0.6 is 0 Å². The molecule has 0 unspecified atom stereocenters. The zero-order chi connectivity index (χ0) is 11.0. The van der Waals surface area contributed by atoms with Gasteiger partial charge in [-0.1, -0.05) is 19.8 Å². The molecule has 0 atom stereocenters. The van der Waals surface area contributed by atoms with E-state index in [-0.39, 0.29) is 23.9 Å². The van der Waals surface area contributed by atoms with Gasteiger partial charge in [-0.25, -0.2) is 8.42 Å². The number of ether oxygens (including phenoxy) is 1. The van der Waals surface area contributed by atoms with Crippen LogP contribution in [0, 0.1) is 0 Å². The Morgan fingerprint density at radius 2 is 1.93 bits per heavy atom. The Bertz CT molecular complexity index is 256. The minimum Gasteiger partial charge on any atom is -0.377 e. The Morgan fingerprint density at radius 3 is 2.43 bits per heavy atom. The van der Waals surface area contributed by atoms with E-state index in [1.54, 1.807) is 0 Å². The molecular formula is C9H18O4S. The van der Waals surface area contributed by atoms with Gasteiger partial charge in [0.25, 0.3) is 0 Å². The van der Waals surface area contributed by atoms with Gasteiger partial charge >= 0.3 is 0 Å². The van der Waals surface area contributed by atoms with Crippen LogP contribution in [-0.4, -0.2) is 39.4 Å². The van der Waals surface area contributed by atoms with Crippen molar-refractivity contribution in [2.45, 2.75) is 26.2 Å². The number of rotatable bonds is 8. The van der Waals surface area contributed by atoms with E-state index in [1.807, 2.05) is 6.92 Å². The Labute approximate surface area is 85.6 Å². The molecule has 84 valence electrons. The first-order chi connectivity index (χ1) is 6.52. The van der Waals surface area contributed by atoms with Crippen LogP contribution in [0.1, 0.15) is 26.2 Å². The van der Waals surface area contributed by atoms with Crippen molar-refractivity contribution in [1.82, 2.24) is 0 Å². The molecule has 0 spiro atoms. The molecule has 0 aliphatic heterocycles. The van der Waals surface area contributed by atoms with Crippen LogP contribution in [-0.2, 0) is 19.4 Å². The fraction of sp³-hybridized carbons (Fsp3) is 0.889. The lowest BCUT2D eigenvalue weighted by Gasteiger charge is -2.02. The second kappa shape index (κ2) is 6.95. The highest BCUT2D eigenvalue weighted by Gasteiger charge is 2.15. The Balaban J connectivity index is 3.89. The first-order valence-electron chi connectivity index (χ1n) is 4.73. The maximum atomic E-state index is 11.3. The smallest absolute Gasteiger partial charge is 0.173 e. The molecule has 0 N–H and O–H groups in total. The summed E-state index contributed by atoms with van der Waals surface area (Å²) in [5.74, 6) is -0.648. The van der Waals surface area contributed by atoms with Gasteiger partial charge in [0, 0.05) is 7.11 Å². The molecular weight excluding hydrogens is 204 g/mol. The van der Waals surface area contributed by atoms with E-state index in [1.165, 1.54) is 7.11 Å². The average molecular weight is 222 g/mol. The summed E-state index contributed by atoms with van der Waals surface area (Å²) in [7, 11) is -1.83. The average Bonchev–Trinajstić information content (AvgIpc) is 2.03. The van der Waals surface area contributed by atoms with E-state index in [0.29, 0.717) is 6.42 Å². The second-order valence-corrected chi connectivity index (χ2v) is 5.45. The molecule has 0 radical (unpaired) electrons. The van der Waals surface area contributed by atoms with Gasteiger partial charge in [-0.05, 0) is 6.42 Å². The second-order valence-electron chi connectivity index (χ2n) is 3.27. The van der Waals surface area contributed by atoms with Gasteiger partial charge in [0.15, 0.2) is 15.6 Å². The number of sulfone groups is 1. The van der Waals surface area contributed by atoms with Gasteiger partial charge in [0.1, 0.15) is 12.4 Å². The fourth-order valence-corrected chi connectivity index (χ4v) is 2.45. The normalized spacial score (nSPS) is 11.6. The molecule has 0 rings (SSSR count). The number of carbonyl (C=O) groups excluding carboxylic acids is 1. The van der Waals surface area contributed by atoms with Crippen LogP contribution in [0.5, 0.6) is 0 Å². The molecule has 0 aliphatic rings. The van der Waals surface area contributed by atoms with Crippen LogP contribution in [0.25, 0.3) is 0 Å². The predicted octanol–water partition coefficient (Wildman–Crippen LogP) is 0.807. The maximum Gasteiger partial charge on any atom is 0.173 e. The lowest BCUT2D eigenvalue weighted by molar-refractivity contribution is -0.120. The van der Waals surface area contributed by atoms with Crippen molar-refractivity contribution in [2.75, 3.05) is 25.2 Å². The Hall–Kier alpha value is -0.420. The van der Waals surface area contributed by atoms with Gasteiger partial charge in [-0.2, -0.15) is 0 Å². The van der Waals surface area contributed by atoms with E-state index in [9.17, 15) is 13.2 Å². The molecule has 0 aromatic heterocycles. The summed E-state index contributed by atoms with van der Waals surface area (Å²) in [6.45, 7) is 1.88. The molecule has 0 heterocycles. The summed E-state index contributed by atoms with van der Waals surface area (Å²) in [5, 5.41) is 0. The minimum absolute atomic E-state index is 0.107. The van der Waals surface area contributed by atoms with E-state index < -0.39 is 9.84 Å². The molecule has 0 fully saturated rings. The van der Waals surface area contributed by atoms with Crippen molar-refractivity contribution in [3.63, 3.8) is 0 Å². The van der Waals surface area contributed by atoms with Crippen LogP contribution in [0.3, 0.4) is 0 Å². The summed E-state index contributed by atoms with van der Waals surface area (Å²) in [6, 6.07) is 0. The summed E-state index contributed by atoms with van der Waals surface area (Å²) >= 11 is 0. The summed E-state index contributed by atoms with van der Waals surface area (Å²) in [6.07, 6.45) is 2.50. The minimum atomic E-state index is -3.20. The van der Waals surface area contributed by atoms with Gasteiger partial charge in [0.05, 0.1) is 5.75 Å². The van der Waals surface area contributed by atoms with Crippen LogP contribution in [0.4, 0.5) is 0 Å². The molecule has 0 saturated carbocycles. The van der Waals surface area contributed by atoms with Crippen molar-refractivity contribution in [3.05, 3.63) is 0 Å². The first-order valence-corrected chi connectivity index (χ1v) is 6.55. The number of ketones is 1. The topological polar surface area (TPSA) is 60.4 Å². The van der Waals surface area contributed by atoms with Crippen molar-refractivity contribution >= 4 is 15.6 Å². The SMILES string of the molecule is CCCCCS(=O)(=O)CC(=O)COC. The summed E-state index contributed by atoms with van der Waals surface area (Å²) < 4.78 is 27.2. The van der Waals surface area contributed by atoms with E-state index in [4.69, 9.17) is 0 Å². The number of methoxy groups -OCH3 is 1. The molecule has 5 heteroatoms. The molecule has 0 saturated heterocycles. The zero-order valence-corrected chi connectivity index (χ0v) is 9.60. The molecule has 0 aliphatic carbocycles. The van der Waals surface area contributed by atoms with Gasteiger partial charge < -0.3 is 4.74 Å². The largest absolute Gasteiger partial charge is 0.377 e. The van der Waals surface area contributed by atoms with Crippen LogP contribution in [0.15, 0.2) is 0 Å². The Kier molecular flexibility index (Phi) is 6.74. The predicted molar refractivity (Wildman–Crippen MR) is 55.1 cm³/mol. The molecule has 0 amide bonds. The highest BCUT2D eigenvalue weighted by molar-refractivity contribution is 7.92. The third kappa shape index (κ3) is 7.03. The number of carbonyl (C=O) groups is 1. The van der Waals surface area contributed by atoms with Crippen molar-refractivity contribution in [3.8, 4) is 0 Å². The summed E-state index contributed by atoms with van der Waals surface area (Å²) in [5.41, 5.74) is 0. The molecule has 0 aromatic carbocycles. The van der Waals surface area contributed by atoms with Gasteiger partial charge in [0.2, 0.25) is 0 Å². The number of hydrogen-bond acceptors (Lipinski definition) is 4. The highest BCUT2D eigenvalue weighted by Crippen LogP contribution is 2.00. The van der Waals surface area contributed by atoms with Gasteiger partial charge in [-0.3, -0.25) is 4.79 Å². The monoisotopic (exact) mass is 222 g/mol. The molecule has 4 nitrogen and oxygen atoms in total. The Morgan fingerprint density at radius 1 is 1.29 bits per heavy atom. The van der Waals surface area contributed by atoms with Crippen LogP contribution < -0.4 is 0 Å². The van der Waals surface area contributed by atoms with E-state index in [2.05, 4.69) is 4.74 Å². The van der Waals surface area contributed by atoms with E-state index >= 15 is 0 Å².